The van der Waals surface area contributed by atoms with Gasteiger partial charge in [0.2, 0.25) is 0 Å². The number of likely N-dealkylation sites (N-methyl/N-ethyl adjacent to an activating group) is 2. The molecule has 0 aromatic carbocycles. The van der Waals surface area contributed by atoms with Crippen molar-refractivity contribution in [3.05, 3.63) is 11.4 Å². The van der Waals surface area contributed by atoms with Crippen molar-refractivity contribution in [3.8, 4) is 0 Å². The molecule has 1 aliphatic carbocycles. The minimum Gasteiger partial charge on any atom is -0.336 e. The molecule has 140 valence electrons. The highest BCUT2D eigenvalue weighted by Gasteiger charge is 2.37. The van der Waals surface area contributed by atoms with E-state index in [1.54, 1.807) is 6.92 Å². The van der Waals surface area contributed by atoms with Crippen LogP contribution in [0, 0.1) is 6.92 Å². The molecule has 7 heteroatoms. The van der Waals surface area contributed by atoms with Crippen molar-refractivity contribution in [1.82, 2.24) is 25.0 Å². The standard InChI is InChI=1S/C18H31N5O2/c1-13-17(20-25-19-13)18(24)23(4)16-8-6-5-7-15(16)22(3)14-9-11-21(2)12-10-14/h14-16H,5-12H2,1-4H3/t15-,16-/m1/s1. The van der Waals surface area contributed by atoms with Crippen LogP contribution in [0.15, 0.2) is 4.63 Å². The van der Waals surface area contributed by atoms with E-state index in [0.29, 0.717) is 23.5 Å². The van der Waals surface area contributed by atoms with Crippen LogP contribution in [0.25, 0.3) is 0 Å². The molecule has 0 N–H and O–H groups in total. The van der Waals surface area contributed by atoms with Crippen LogP contribution in [-0.2, 0) is 0 Å². The molecule has 2 fully saturated rings. The molecule has 1 aromatic rings. The Labute approximate surface area is 150 Å². The normalized spacial score (nSPS) is 26.1. The average Bonchev–Trinajstić information content (AvgIpc) is 3.06. The number of piperidine rings is 1. The lowest BCUT2D eigenvalue weighted by Crippen LogP contribution is -2.56. The number of carbonyl (C=O) groups excluding carboxylic acids is 1. The predicted octanol–water partition coefficient (Wildman–Crippen LogP) is 1.79. The fourth-order valence-corrected chi connectivity index (χ4v) is 4.43. The fourth-order valence-electron chi connectivity index (χ4n) is 4.43. The van der Waals surface area contributed by atoms with Crippen LogP contribution < -0.4 is 0 Å². The summed E-state index contributed by atoms with van der Waals surface area (Å²) in [5.41, 5.74) is 0.904. The lowest BCUT2D eigenvalue weighted by Gasteiger charge is -2.46. The monoisotopic (exact) mass is 349 g/mol. The molecule has 1 saturated carbocycles. The summed E-state index contributed by atoms with van der Waals surface area (Å²) in [6, 6.07) is 1.25. The quantitative estimate of drug-likeness (QED) is 0.826. The third-order valence-corrected chi connectivity index (χ3v) is 6.15. The second-order valence-electron chi connectivity index (χ2n) is 7.73. The molecular formula is C18H31N5O2. The van der Waals surface area contributed by atoms with Crippen molar-refractivity contribution < 1.29 is 9.42 Å². The smallest absolute Gasteiger partial charge is 0.278 e. The number of amides is 1. The molecule has 7 nitrogen and oxygen atoms in total. The number of aryl methyl sites for hydroxylation is 1. The Morgan fingerprint density at radius 2 is 1.72 bits per heavy atom. The van der Waals surface area contributed by atoms with Gasteiger partial charge in [-0.2, -0.15) is 0 Å². The van der Waals surface area contributed by atoms with E-state index in [1.165, 1.54) is 25.7 Å². The highest BCUT2D eigenvalue weighted by atomic mass is 16.6. The van der Waals surface area contributed by atoms with Crippen LogP contribution in [0.1, 0.15) is 54.7 Å². The second-order valence-corrected chi connectivity index (χ2v) is 7.73. The number of nitrogens with zero attached hydrogens (tertiary/aromatic N) is 5. The molecule has 1 aliphatic heterocycles. The van der Waals surface area contributed by atoms with Crippen LogP contribution in [0.5, 0.6) is 0 Å². The van der Waals surface area contributed by atoms with Crippen LogP contribution in [0.4, 0.5) is 0 Å². The van der Waals surface area contributed by atoms with Crippen molar-refractivity contribution in [2.45, 2.75) is 63.6 Å². The van der Waals surface area contributed by atoms with E-state index in [4.69, 9.17) is 4.63 Å². The summed E-state index contributed by atoms with van der Waals surface area (Å²) in [5.74, 6) is -0.0765. The Morgan fingerprint density at radius 1 is 1.08 bits per heavy atom. The molecule has 2 heterocycles. The Morgan fingerprint density at radius 3 is 2.32 bits per heavy atom. The van der Waals surface area contributed by atoms with E-state index >= 15 is 0 Å². The first-order chi connectivity index (χ1) is 12.0. The summed E-state index contributed by atoms with van der Waals surface area (Å²) in [7, 11) is 6.35. The van der Waals surface area contributed by atoms with Gasteiger partial charge in [0.15, 0.2) is 5.69 Å². The van der Waals surface area contributed by atoms with Gasteiger partial charge in [-0.3, -0.25) is 9.69 Å². The molecule has 0 radical (unpaired) electrons. The number of hydrogen-bond acceptors (Lipinski definition) is 6. The Hall–Kier alpha value is -1.47. The van der Waals surface area contributed by atoms with E-state index in [1.807, 2.05) is 11.9 Å². The first kappa shape index (κ1) is 18.3. The zero-order chi connectivity index (χ0) is 18.0. The summed E-state index contributed by atoms with van der Waals surface area (Å²) >= 11 is 0. The van der Waals surface area contributed by atoms with E-state index in [0.717, 1.165) is 25.9 Å². The maximum atomic E-state index is 12.9. The van der Waals surface area contributed by atoms with Crippen molar-refractivity contribution in [3.63, 3.8) is 0 Å². The van der Waals surface area contributed by atoms with Gasteiger partial charge in [-0.25, -0.2) is 4.63 Å². The fraction of sp³-hybridized carbons (Fsp3) is 0.833. The van der Waals surface area contributed by atoms with Crippen LogP contribution in [-0.4, -0.2) is 83.3 Å². The van der Waals surface area contributed by atoms with E-state index in [2.05, 4.69) is 34.2 Å². The Kier molecular flexibility index (Phi) is 5.74. The molecule has 0 unspecified atom stereocenters. The molecular weight excluding hydrogens is 318 g/mol. The minimum atomic E-state index is -0.0765. The third-order valence-electron chi connectivity index (χ3n) is 6.15. The molecule has 1 aromatic heterocycles. The number of aromatic nitrogens is 2. The van der Waals surface area contributed by atoms with Gasteiger partial charge in [-0.15, -0.1) is 0 Å². The van der Waals surface area contributed by atoms with Gasteiger partial charge in [0, 0.05) is 25.2 Å². The first-order valence-corrected chi connectivity index (χ1v) is 9.46. The predicted molar refractivity (Wildman–Crippen MR) is 95.5 cm³/mol. The van der Waals surface area contributed by atoms with E-state index in [-0.39, 0.29) is 11.9 Å². The topological polar surface area (TPSA) is 65.7 Å². The number of rotatable bonds is 4. The van der Waals surface area contributed by atoms with Crippen molar-refractivity contribution in [2.24, 2.45) is 0 Å². The summed E-state index contributed by atoms with van der Waals surface area (Å²) in [5, 5.41) is 7.55. The van der Waals surface area contributed by atoms with E-state index in [9.17, 15) is 4.79 Å². The number of carbonyl (C=O) groups is 1. The average molecular weight is 349 g/mol. The maximum absolute atomic E-state index is 12.9. The molecule has 1 amide bonds. The number of hydrogen-bond donors (Lipinski definition) is 0. The van der Waals surface area contributed by atoms with Crippen molar-refractivity contribution in [1.29, 1.82) is 0 Å². The van der Waals surface area contributed by atoms with E-state index < -0.39 is 0 Å². The zero-order valence-electron chi connectivity index (χ0n) is 15.9. The van der Waals surface area contributed by atoms with Crippen LogP contribution in [0.2, 0.25) is 0 Å². The Balaban J connectivity index is 1.71. The molecule has 2 aliphatic rings. The maximum Gasteiger partial charge on any atom is 0.278 e. The van der Waals surface area contributed by atoms with Crippen LogP contribution >= 0.6 is 0 Å². The highest BCUT2D eigenvalue weighted by molar-refractivity contribution is 5.93. The summed E-state index contributed by atoms with van der Waals surface area (Å²) in [6.45, 7) is 4.08. The lowest BCUT2D eigenvalue weighted by molar-refractivity contribution is 0.0273. The molecule has 2 atom stereocenters. The highest BCUT2D eigenvalue weighted by Crippen LogP contribution is 2.30. The van der Waals surface area contributed by atoms with Gasteiger partial charge in [-0.05, 0) is 64.9 Å². The largest absolute Gasteiger partial charge is 0.336 e. The zero-order valence-corrected chi connectivity index (χ0v) is 15.9. The summed E-state index contributed by atoms with van der Waals surface area (Å²) in [6.07, 6.45) is 7.04. The second kappa shape index (κ2) is 7.83. The van der Waals surface area contributed by atoms with Gasteiger partial charge in [-0.1, -0.05) is 18.0 Å². The van der Waals surface area contributed by atoms with Crippen molar-refractivity contribution >= 4 is 5.91 Å². The van der Waals surface area contributed by atoms with Gasteiger partial charge < -0.3 is 9.80 Å². The van der Waals surface area contributed by atoms with Gasteiger partial charge in [0.25, 0.3) is 5.91 Å². The first-order valence-electron chi connectivity index (χ1n) is 9.46. The van der Waals surface area contributed by atoms with Gasteiger partial charge in [0.05, 0.1) is 0 Å². The SMILES string of the molecule is Cc1nonc1C(=O)N(C)[C@@H]1CCCC[C@H]1N(C)C1CCN(C)CC1. The van der Waals surface area contributed by atoms with Gasteiger partial charge in [0.1, 0.15) is 5.69 Å². The molecule has 1 saturated heterocycles. The van der Waals surface area contributed by atoms with Crippen molar-refractivity contribution in [2.75, 3.05) is 34.2 Å². The summed E-state index contributed by atoms with van der Waals surface area (Å²) < 4.78 is 4.72. The molecule has 0 bridgehead atoms. The molecule has 25 heavy (non-hydrogen) atoms. The number of likely N-dealkylation sites (tertiary alicyclic amines) is 1. The third kappa shape index (κ3) is 3.87. The molecule has 3 rings (SSSR count). The van der Waals surface area contributed by atoms with Crippen LogP contribution in [0.3, 0.4) is 0 Å². The molecule has 0 spiro atoms. The summed E-state index contributed by atoms with van der Waals surface area (Å²) in [4.78, 5) is 19.7. The minimum absolute atomic E-state index is 0.0765. The Bertz CT molecular complexity index is 582. The lowest BCUT2D eigenvalue weighted by atomic mass is 9.86. The van der Waals surface area contributed by atoms with Gasteiger partial charge >= 0.3 is 0 Å².